The molecule has 0 aliphatic heterocycles. The molecule has 4 heteroatoms. The van der Waals surface area contributed by atoms with Gasteiger partial charge in [-0.1, -0.05) is 34.1 Å². The Balaban J connectivity index is 2.20. The van der Waals surface area contributed by atoms with Gasteiger partial charge in [-0.15, -0.1) is 0 Å². The van der Waals surface area contributed by atoms with Crippen molar-refractivity contribution in [2.75, 3.05) is 25.2 Å². The van der Waals surface area contributed by atoms with Crippen LogP contribution in [0.5, 0.6) is 0 Å². The van der Waals surface area contributed by atoms with Crippen LogP contribution in [0, 0.1) is 0 Å². The lowest BCUT2D eigenvalue weighted by Crippen LogP contribution is -2.11. The molecule has 3 nitrogen and oxygen atoms in total. The van der Waals surface area contributed by atoms with E-state index >= 15 is 0 Å². The number of hydrogen-bond donors (Lipinski definition) is 0. The molecule has 0 aliphatic rings. The normalized spacial score (nSPS) is 9.93. The zero-order valence-corrected chi connectivity index (χ0v) is 9.90. The molecular weight excluding hydrogens is 260 g/mol. The quantitative estimate of drug-likeness (QED) is 0.453. The van der Waals surface area contributed by atoms with Crippen molar-refractivity contribution >= 4 is 21.9 Å². The van der Waals surface area contributed by atoms with Gasteiger partial charge in [0.2, 0.25) is 0 Å². The summed E-state index contributed by atoms with van der Waals surface area (Å²) in [7, 11) is 0. The van der Waals surface area contributed by atoms with Crippen LogP contribution in [0.15, 0.2) is 30.3 Å². The van der Waals surface area contributed by atoms with E-state index in [1.54, 1.807) is 24.3 Å². The van der Waals surface area contributed by atoms with Crippen LogP contribution in [-0.2, 0) is 9.47 Å². The summed E-state index contributed by atoms with van der Waals surface area (Å²) in [5.41, 5.74) is 0.568. The van der Waals surface area contributed by atoms with E-state index in [0.717, 1.165) is 5.33 Å². The summed E-state index contributed by atoms with van der Waals surface area (Å²) in [6.07, 6.45) is 0. The molecule has 1 aromatic rings. The van der Waals surface area contributed by atoms with E-state index in [0.29, 0.717) is 25.4 Å². The zero-order valence-electron chi connectivity index (χ0n) is 8.32. The SMILES string of the molecule is O=C(OCCOCCBr)c1ccccc1. The molecule has 0 unspecified atom stereocenters. The van der Waals surface area contributed by atoms with Gasteiger partial charge in [0.05, 0.1) is 18.8 Å². The van der Waals surface area contributed by atoms with E-state index < -0.39 is 0 Å². The Morgan fingerprint density at radius 3 is 2.53 bits per heavy atom. The first-order chi connectivity index (χ1) is 7.34. The van der Waals surface area contributed by atoms with Gasteiger partial charge in [0.1, 0.15) is 6.61 Å². The topological polar surface area (TPSA) is 35.5 Å². The number of hydrogen-bond acceptors (Lipinski definition) is 3. The van der Waals surface area contributed by atoms with Crippen molar-refractivity contribution in [1.82, 2.24) is 0 Å². The van der Waals surface area contributed by atoms with Crippen molar-refractivity contribution in [2.45, 2.75) is 0 Å². The van der Waals surface area contributed by atoms with Crippen LogP contribution in [0.3, 0.4) is 0 Å². The molecule has 0 N–H and O–H groups in total. The van der Waals surface area contributed by atoms with Crippen LogP contribution in [0.1, 0.15) is 10.4 Å². The maximum Gasteiger partial charge on any atom is 0.338 e. The Labute approximate surface area is 97.5 Å². The minimum Gasteiger partial charge on any atom is -0.460 e. The minimum atomic E-state index is -0.307. The molecule has 0 saturated heterocycles. The first-order valence-corrected chi connectivity index (χ1v) is 5.82. The number of alkyl halides is 1. The lowest BCUT2D eigenvalue weighted by atomic mass is 10.2. The second kappa shape index (κ2) is 7.43. The van der Waals surface area contributed by atoms with Gasteiger partial charge in [0.15, 0.2) is 0 Å². The molecule has 82 valence electrons. The second-order valence-electron chi connectivity index (χ2n) is 2.80. The van der Waals surface area contributed by atoms with Crippen molar-refractivity contribution in [1.29, 1.82) is 0 Å². The standard InChI is InChI=1S/C11H13BrO3/c12-6-7-14-8-9-15-11(13)10-4-2-1-3-5-10/h1-5H,6-9H2. The Morgan fingerprint density at radius 1 is 1.13 bits per heavy atom. The van der Waals surface area contributed by atoms with Gasteiger partial charge in [0, 0.05) is 5.33 Å². The van der Waals surface area contributed by atoms with Crippen molar-refractivity contribution in [2.24, 2.45) is 0 Å². The lowest BCUT2D eigenvalue weighted by Gasteiger charge is -2.04. The van der Waals surface area contributed by atoms with E-state index in [1.165, 1.54) is 0 Å². The van der Waals surface area contributed by atoms with Gasteiger partial charge in [-0.05, 0) is 12.1 Å². The van der Waals surface area contributed by atoms with E-state index in [1.807, 2.05) is 6.07 Å². The highest BCUT2D eigenvalue weighted by Gasteiger charge is 2.04. The summed E-state index contributed by atoms with van der Waals surface area (Å²) >= 11 is 3.23. The number of esters is 1. The molecule has 0 radical (unpaired) electrons. The zero-order chi connectivity index (χ0) is 10.9. The van der Waals surface area contributed by atoms with Crippen LogP contribution in [0.4, 0.5) is 0 Å². The highest BCUT2D eigenvalue weighted by molar-refractivity contribution is 9.09. The molecule has 0 spiro atoms. The third-order valence-electron chi connectivity index (χ3n) is 1.69. The van der Waals surface area contributed by atoms with Crippen LogP contribution in [-0.4, -0.2) is 31.1 Å². The monoisotopic (exact) mass is 272 g/mol. The first kappa shape index (κ1) is 12.2. The van der Waals surface area contributed by atoms with Crippen LogP contribution in [0.25, 0.3) is 0 Å². The van der Waals surface area contributed by atoms with Gasteiger partial charge in [-0.2, -0.15) is 0 Å². The molecule has 0 fully saturated rings. The lowest BCUT2D eigenvalue weighted by molar-refractivity contribution is 0.0339. The predicted octanol–water partition coefficient (Wildman–Crippen LogP) is 2.25. The molecule has 0 bridgehead atoms. The van der Waals surface area contributed by atoms with Gasteiger partial charge >= 0.3 is 5.97 Å². The van der Waals surface area contributed by atoms with Crippen molar-refractivity contribution in [3.8, 4) is 0 Å². The number of halogens is 1. The van der Waals surface area contributed by atoms with E-state index in [9.17, 15) is 4.79 Å². The minimum absolute atomic E-state index is 0.292. The van der Waals surface area contributed by atoms with E-state index in [2.05, 4.69) is 15.9 Å². The molecule has 0 saturated carbocycles. The summed E-state index contributed by atoms with van der Waals surface area (Å²) in [5.74, 6) is -0.307. The molecule has 0 aliphatic carbocycles. The number of ether oxygens (including phenoxy) is 2. The fraction of sp³-hybridized carbons (Fsp3) is 0.364. The fourth-order valence-corrected chi connectivity index (χ4v) is 1.24. The summed E-state index contributed by atoms with van der Waals surface area (Å²) in [6, 6.07) is 8.91. The van der Waals surface area contributed by atoms with Crippen molar-refractivity contribution in [3.63, 3.8) is 0 Å². The van der Waals surface area contributed by atoms with Crippen LogP contribution in [0.2, 0.25) is 0 Å². The average Bonchev–Trinajstić information content (AvgIpc) is 2.30. The molecule has 0 amide bonds. The van der Waals surface area contributed by atoms with E-state index in [4.69, 9.17) is 9.47 Å². The second-order valence-corrected chi connectivity index (χ2v) is 3.60. The van der Waals surface area contributed by atoms with Crippen LogP contribution >= 0.6 is 15.9 Å². The van der Waals surface area contributed by atoms with Gasteiger partial charge in [-0.3, -0.25) is 0 Å². The maximum absolute atomic E-state index is 11.4. The Kier molecular flexibility index (Phi) is 6.04. The fourth-order valence-electron chi connectivity index (χ4n) is 1.01. The summed E-state index contributed by atoms with van der Waals surface area (Å²) in [6.45, 7) is 1.35. The molecular formula is C11H13BrO3. The van der Waals surface area contributed by atoms with Gasteiger partial charge in [-0.25, -0.2) is 4.79 Å². The third kappa shape index (κ3) is 4.95. The van der Waals surface area contributed by atoms with Gasteiger partial charge in [0.25, 0.3) is 0 Å². The van der Waals surface area contributed by atoms with E-state index in [-0.39, 0.29) is 5.97 Å². The Morgan fingerprint density at radius 2 is 1.87 bits per heavy atom. The maximum atomic E-state index is 11.4. The van der Waals surface area contributed by atoms with Crippen LogP contribution < -0.4 is 0 Å². The summed E-state index contributed by atoms with van der Waals surface area (Å²) in [5, 5.41) is 0.791. The summed E-state index contributed by atoms with van der Waals surface area (Å²) in [4.78, 5) is 11.4. The molecule has 0 aromatic heterocycles. The first-order valence-electron chi connectivity index (χ1n) is 4.70. The smallest absolute Gasteiger partial charge is 0.338 e. The number of rotatable bonds is 6. The third-order valence-corrected chi connectivity index (χ3v) is 2.02. The number of benzene rings is 1. The molecule has 1 rings (SSSR count). The average molecular weight is 273 g/mol. The van der Waals surface area contributed by atoms with Crippen molar-refractivity contribution < 1.29 is 14.3 Å². The van der Waals surface area contributed by atoms with Gasteiger partial charge < -0.3 is 9.47 Å². The highest BCUT2D eigenvalue weighted by atomic mass is 79.9. The molecule has 1 aromatic carbocycles. The molecule has 0 heterocycles. The molecule has 0 atom stereocenters. The number of carbonyl (C=O) groups excluding carboxylic acids is 1. The number of carbonyl (C=O) groups is 1. The summed E-state index contributed by atoms with van der Waals surface area (Å²) < 4.78 is 10.1. The highest BCUT2D eigenvalue weighted by Crippen LogP contribution is 2.00. The Bertz CT molecular complexity index is 287. The largest absolute Gasteiger partial charge is 0.460 e. The molecule has 15 heavy (non-hydrogen) atoms. The Hall–Kier alpha value is -0.870. The van der Waals surface area contributed by atoms with Crippen molar-refractivity contribution in [3.05, 3.63) is 35.9 Å². The predicted molar refractivity (Wildman–Crippen MR) is 61.3 cm³/mol.